The molecule has 0 aliphatic heterocycles. The summed E-state index contributed by atoms with van der Waals surface area (Å²) in [5.74, 6) is -3.35. The molecule has 0 radical (unpaired) electrons. The highest BCUT2D eigenvalue weighted by Gasteiger charge is 2.23. The maximum absolute atomic E-state index is 13.9. The molecule has 0 saturated heterocycles. The zero-order chi connectivity index (χ0) is 24.7. The van der Waals surface area contributed by atoms with Crippen LogP contribution < -0.4 is 20.8 Å². The van der Waals surface area contributed by atoms with Gasteiger partial charge in [-0.3, -0.25) is 14.4 Å². The number of aromatic amines is 1. The summed E-state index contributed by atoms with van der Waals surface area (Å²) < 4.78 is 32.6. The number of carbonyl (C=O) groups excluding carboxylic acids is 2. The number of aromatic nitrogens is 1. The van der Waals surface area contributed by atoms with Crippen molar-refractivity contribution >= 4 is 11.8 Å². The van der Waals surface area contributed by atoms with Gasteiger partial charge in [-0.05, 0) is 18.6 Å². The summed E-state index contributed by atoms with van der Waals surface area (Å²) in [6.45, 7) is 5.00. The predicted octanol–water partition coefficient (Wildman–Crippen LogP) is 3.47. The summed E-state index contributed by atoms with van der Waals surface area (Å²) in [6.07, 6.45) is 2.60. The van der Waals surface area contributed by atoms with Crippen LogP contribution in [-0.2, 0) is 13.2 Å². The number of hydrogen-bond donors (Lipinski definition) is 3. The summed E-state index contributed by atoms with van der Waals surface area (Å²) in [5, 5.41) is 5.05. The molecule has 1 heterocycles. The van der Waals surface area contributed by atoms with Gasteiger partial charge in [-0.15, -0.1) is 6.58 Å². The fourth-order valence-corrected chi connectivity index (χ4v) is 2.99. The Hall–Kier alpha value is -4.27. The highest BCUT2D eigenvalue weighted by molar-refractivity contribution is 5.98. The number of benzene rings is 2. The number of H-pyrrole nitrogens is 1. The SMILES string of the molecule is C=C[C@H](C)NC(=O)c1[nH]cc(C(=O)NCc2ccc(F)cc2F)c(=O)c1OCc1ccccc1. The number of pyridine rings is 1. The molecule has 0 fully saturated rings. The molecular weight excluding hydrogens is 444 g/mol. The molecule has 2 amide bonds. The van der Waals surface area contributed by atoms with E-state index in [1.54, 1.807) is 31.2 Å². The van der Waals surface area contributed by atoms with Gasteiger partial charge < -0.3 is 20.4 Å². The van der Waals surface area contributed by atoms with E-state index in [2.05, 4.69) is 22.2 Å². The standard InChI is InChI=1S/C25H23F2N3O4/c1-3-15(2)30-25(33)21-23(34-14-16-7-5-4-6-8-16)22(31)19(13-28-21)24(32)29-12-17-9-10-18(26)11-20(17)27/h3-11,13,15H,1,12,14H2,2H3,(H,28,31)(H,29,32)(H,30,33)/t15-/m0/s1. The van der Waals surface area contributed by atoms with E-state index in [0.29, 0.717) is 6.07 Å². The molecule has 176 valence electrons. The molecule has 0 aliphatic carbocycles. The summed E-state index contributed by atoms with van der Waals surface area (Å²) in [4.78, 5) is 41.1. The minimum Gasteiger partial charge on any atom is -0.483 e. The molecule has 3 N–H and O–H groups in total. The van der Waals surface area contributed by atoms with Crippen LogP contribution in [0.3, 0.4) is 0 Å². The molecule has 1 atom stereocenters. The molecule has 0 bridgehead atoms. The highest BCUT2D eigenvalue weighted by Crippen LogP contribution is 2.15. The summed E-state index contributed by atoms with van der Waals surface area (Å²) in [6, 6.07) is 11.5. The summed E-state index contributed by atoms with van der Waals surface area (Å²) in [5.41, 5.74) is -0.520. The first kappa shape index (κ1) is 24.4. The molecule has 9 heteroatoms. The lowest BCUT2D eigenvalue weighted by Crippen LogP contribution is -2.35. The number of halogens is 2. The Bertz CT molecular complexity index is 1260. The van der Waals surface area contributed by atoms with Crippen LogP contribution in [-0.4, -0.2) is 22.8 Å². The average Bonchev–Trinajstić information content (AvgIpc) is 2.82. The van der Waals surface area contributed by atoms with Crippen LogP contribution >= 0.6 is 0 Å². The minimum absolute atomic E-state index is 0.0208. The summed E-state index contributed by atoms with van der Waals surface area (Å²) in [7, 11) is 0. The van der Waals surface area contributed by atoms with Gasteiger partial charge in [0.1, 0.15) is 23.8 Å². The molecule has 0 saturated carbocycles. The molecular formula is C25H23F2N3O4. The third-order valence-corrected chi connectivity index (χ3v) is 4.90. The van der Waals surface area contributed by atoms with Crippen LogP contribution in [0.5, 0.6) is 5.75 Å². The van der Waals surface area contributed by atoms with Gasteiger partial charge in [0, 0.05) is 30.4 Å². The van der Waals surface area contributed by atoms with E-state index in [-0.39, 0.29) is 41.8 Å². The number of carbonyl (C=O) groups is 2. The van der Waals surface area contributed by atoms with Crippen LogP contribution in [0.15, 0.2) is 72.2 Å². The average molecular weight is 467 g/mol. The number of ether oxygens (including phenoxy) is 1. The Morgan fingerprint density at radius 3 is 2.56 bits per heavy atom. The molecule has 0 spiro atoms. The van der Waals surface area contributed by atoms with Crippen molar-refractivity contribution in [2.45, 2.75) is 26.1 Å². The Morgan fingerprint density at radius 2 is 1.88 bits per heavy atom. The van der Waals surface area contributed by atoms with Gasteiger partial charge in [0.2, 0.25) is 5.43 Å². The Kier molecular flexibility index (Phi) is 7.92. The highest BCUT2D eigenvalue weighted by atomic mass is 19.1. The Labute approximate surface area is 194 Å². The van der Waals surface area contributed by atoms with Crippen molar-refractivity contribution in [3.05, 3.63) is 112 Å². The lowest BCUT2D eigenvalue weighted by atomic mass is 10.1. The fraction of sp³-hybridized carbons (Fsp3) is 0.160. The van der Waals surface area contributed by atoms with Crippen molar-refractivity contribution in [1.29, 1.82) is 0 Å². The first-order chi connectivity index (χ1) is 16.3. The third kappa shape index (κ3) is 5.94. The van der Waals surface area contributed by atoms with E-state index in [1.165, 1.54) is 12.1 Å². The number of hydrogen-bond acceptors (Lipinski definition) is 4. The predicted molar refractivity (Wildman–Crippen MR) is 122 cm³/mol. The molecule has 0 unspecified atom stereocenters. The zero-order valence-corrected chi connectivity index (χ0v) is 18.4. The van der Waals surface area contributed by atoms with Crippen molar-refractivity contribution in [1.82, 2.24) is 15.6 Å². The smallest absolute Gasteiger partial charge is 0.272 e. The maximum atomic E-state index is 13.9. The molecule has 1 aromatic heterocycles. The van der Waals surface area contributed by atoms with Crippen LogP contribution in [0.25, 0.3) is 0 Å². The van der Waals surface area contributed by atoms with E-state index in [9.17, 15) is 23.2 Å². The first-order valence-corrected chi connectivity index (χ1v) is 10.4. The Morgan fingerprint density at radius 1 is 1.15 bits per heavy atom. The number of nitrogens with one attached hydrogen (secondary N) is 3. The lowest BCUT2D eigenvalue weighted by Gasteiger charge is -2.14. The van der Waals surface area contributed by atoms with Crippen molar-refractivity contribution < 1.29 is 23.1 Å². The van der Waals surface area contributed by atoms with Crippen molar-refractivity contribution in [2.24, 2.45) is 0 Å². The van der Waals surface area contributed by atoms with E-state index >= 15 is 0 Å². The second kappa shape index (κ2) is 11.0. The molecule has 2 aromatic carbocycles. The first-order valence-electron chi connectivity index (χ1n) is 10.4. The zero-order valence-electron chi connectivity index (χ0n) is 18.4. The van der Waals surface area contributed by atoms with Crippen LogP contribution in [0, 0.1) is 11.6 Å². The largest absolute Gasteiger partial charge is 0.483 e. The molecule has 7 nitrogen and oxygen atoms in total. The van der Waals surface area contributed by atoms with Crippen LogP contribution in [0.4, 0.5) is 8.78 Å². The monoisotopic (exact) mass is 467 g/mol. The molecule has 3 aromatic rings. The normalized spacial score (nSPS) is 11.4. The van der Waals surface area contributed by atoms with Gasteiger partial charge in [0.05, 0.1) is 0 Å². The second-order valence-corrected chi connectivity index (χ2v) is 7.43. The van der Waals surface area contributed by atoms with Gasteiger partial charge >= 0.3 is 0 Å². The topological polar surface area (TPSA) is 100 Å². The van der Waals surface area contributed by atoms with Crippen molar-refractivity contribution in [2.75, 3.05) is 0 Å². The number of rotatable bonds is 9. The van der Waals surface area contributed by atoms with Gasteiger partial charge in [0.25, 0.3) is 11.8 Å². The van der Waals surface area contributed by atoms with Gasteiger partial charge in [0.15, 0.2) is 11.4 Å². The Balaban J connectivity index is 1.88. The van der Waals surface area contributed by atoms with Gasteiger partial charge in [-0.25, -0.2) is 8.78 Å². The van der Waals surface area contributed by atoms with Crippen molar-refractivity contribution in [3.8, 4) is 5.75 Å². The fourth-order valence-electron chi connectivity index (χ4n) is 2.99. The van der Waals surface area contributed by atoms with E-state index in [0.717, 1.165) is 17.8 Å². The maximum Gasteiger partial charge on any atom is 0.272 e. The van der Waals surface area contributed by atoms with Crippen LogP contribution in [0.2, 0.25) is 0 Å². The molecule has 0 aliphatic rings. The third-order valence-electron chi connectivity index (χ3n) is 4.90. The quantitative estimate of drug-likeness (QED) is 0.420. The van der Waals surface area contributed by atoms with Crippen LogP contribution in [0.1, 0.15) is 38.9 Å². The molecule has 34 heavy (non-hydrogen) atoms. The van der Waals surface area contributed by atoms with E-state index in [1.807, 2.05) is 6.07 Å². The van der Waals surface area contributed by atoms with Crippen molar-refractivity contribution in [3.63, 3.8) is 0 Å². The molecule has 3 rings (SSSR count). The lowest BCUT2D eigenvalue weighted by molar-refractivity contribution is 0.0925. The van der Waals surface area contributed by atoms with E-state index < -0.39 is 28.9 Å². The minimum atomic E-state index is -0.829. The summed E-state index contributed by atoms with van der Waals surface area (Å²) >= 11 is 0. The van der Waals surface area contributed by atoms with Gasteiger partial charge in [-0.1, -0.05) is 42.5 Å². The number of amides is 2. The van der Waals surface area contributed by atoms with Gasteiger partial charge in [-0.2, -0.15) is 0 Å². The second-order valence-electron chi connectivity index (χ2n) is 7.43. The van der Waals surface area contributed by atoms with E-state index in [4.69, 9.17) is 4.74 Å².